The van der Waals surface area contributed by atoms with Gasteiger partial charge in [0.05, 0.1) is 9.75 Å². The van der Waals surface area contributed by atoms with E-state index < -0.39 is 0 Å². The van der Waals surface area contributed by atoms with Gasteiger partial charge >= 0.3 is 0 Å². The number of ether oxygens (including phenoxy) is 4. The summed E-state index contributed by atoms with van der Waals surface area (Å²) in [6.45, 7) is 3.05. The van der Waals surface area contributed by atoms with Gasteiger partial charge in [0.15, 0.2) is 17.8 Å². The van der Waals surface area contributed by atoms with Crippen molar-refractivity contribution in [2.45, 2.75) is 89.8 Å². The summed E-state index contributed by atoms with van der Waals surface area (Å²) in [7, 11) is 0. The average molecular weight is 479 g/mol. The topological polar surface area (TPSA) is 36.9 Å². The first-order valence-corrected chi connectivity index (χ1v) is 14.3. The number of unbranched alkanes of at least 4 members (excludes halogenated alkanes) is 8. The van der Waals surface area contributed by atoms with Crippen LogP contribution in [0.25, 0.3) is 9.75 Å². The van der Waals surface area contributed by atoms with E-state index in [0.717, 1.165) is 37.6 Å². The van der Waals surface area contributed by atoms with Crippen molar-refractivity contribution in [2.24, 2.45) is 0 Å². The fourth-order valence-electron chi connectivity index (χ4n) is 4.46. The Kier molecular flexibility index (Phi) is 10.2. The Morgan fingerprint density at radius 1 is 0.812 bits per heavy atom. The van der Waals surface area contributed by atoms with Crippen LogP contribution < -0.4 is 9.47 Å². The number of rotatable bonds is 14. The van der Waals surface area contributed by atoms with E-state index in [1.54, 1.807) is 11.3 Å². The van der Waals surface area contributed by atoms with Crippen LogP contribution in [-0.2, 0) is 15.9 Å². The van der Waals surface area contributed by atoms with Gasteiger partial charge in [-0.3, -0.25) is 0 Å². The third-order valence-corrected chi connectivity index (χ3v) is 8.35. The van der Waals surface area contributed by atoms with Gasteiger partial charge in [0.2, 0.25) is 0 Å². The lowest BCUT2D eigenvalue weighted by Crippen LogP contribution is -2.22. The molecule has 1 atom stereocenters. The molecule has 1 fully saturated rings. The molecule has 4 rings (SSSR count). The minimum atomic E-state index is 0.0759. The van der Waals surface area contributed by atoms with E-state index in [-0.39, 0.29) is 6.29 Å². The Labute approximate surface area is 201 Å². The van der Waals surface area contributed by atoms with E-state index in [1.807, 2.05) is 11.3 Å². The Balaban J connectivity index is 1.02. The molecule has 0 N–H and O–H groups in total. The predicted octanol–water partition coefficient (Wildman–Crippen LogP) is 7.84. The first-order valence-electron chi connectivity index (χ1n) is 12.6. The highest BCUT2D eigenvalue weighted by Crippen LogP contribution is 2.48. The minimum absolute atomic E-state index is 0.0759. The lowest BCUT2D eigenvalue weighted by atomic mass is 10.0. The molecular formula is C26H38O4S2. The molecule has 0 spiro atoms. The first-order chi connectivity index (χ1) is 15.9. The summed E-state index contributed by atoms with van der Waals surface area (Å²) >= 11 is 3.58. The maximum Gasteiger partial charge on any atom is 0.180 e. The summed E-state index contributed by atoms with van der Waals surface area (Å²) in [6, 6.07) is 2.29. The van der Waals surface area contributed by atoms with Gasteiger partial charge in [0.25, 0.3) is 0 Å². The van der Waals surface area contributed by atoms with Crippen molar-refractivity contribution in [1.82, 2.24) is 0 Å². The zero-order chi connectivity index (χ0) is 21.8. The molecule has 0 radical (unpaired) electrons. The van der Waals surface area contributed by atoms with Crippen molar-refractivity contribution >= 4 is 22.7 Å². The van der Waals surface area contributed by atoms with Crippen LogP contribution in [0.3, 0.4) is 0 Å². The normalized spacial score (nSPS) is 18.2. The van der Waals surface area contributed by atoms with Gasteiger partial charge in [-0.05, 0) is 55.5 Å². The second-order valence-electron chi connectivity index (χ2n) is 8.83. The van der Waals surface area contributed by atoms with Crippen molar-refractivity contribution < 1.29 is 18.9 Å². The van der Waals surface area contributed by atoms with Gasteiger partial charge in [-0.2, -0.15) is 0 Å². The summed E-state index contributed by atoms with van der Waals surface area (Å²) in [5, 5.41) is 4.30. The summed E-state index contributed by atoms with van der Waals surface area (Å²) in [4.78, 5) is 2.63. The number of thiophene rings is 2. The van der Waals surface area contributed by atoms with Gasteiger partial charge < -0.3 is 18.9 Å². The molecule has 1 unspecified atom stereocenters. The van der Waals surface area contributed by atoms with Crippen molar-refractivity contribution in [3.05, 3.63) is 22.4 Å². The molecule has 2 aromatic heterocycles. The molecule has 0 aromatic carbocycles. The largest absolute Gasteiger partial charge is 0.485 e. The molecule has 6 heteroatoms. The summed E-state index contributed by atoms with van der Waals surface area (Å²) in [5.74, 6) is 1.88. The Hall–Kier alpha value is -1.08. The monoisotopic (exact) mass is 478 g/mol. The second kappa shape index (κ2) is 13.6. The fraction of sp³-hybridized carbons (Fsp3) is 0.692. The number of fused-ring (bicyclic) bond motifs is 1. The van der Waals surface area contributed by atoms with E-state index >= 15 is 0 Å². The van der Waals surface area contributed by atoms with Crippen molar-refractivity contribution in [3.63, 3.8) is 0 Å². The molecule has 1 saturated heterocycles. The number of hydrogen-bond acceptors (Lipinski definition) is 6. The highest BCUT2D eigenvalue weighted by Gasteiger charge is 2.22. The van der Waals surface area contributed by atoms with Gasteiger partial charge in [-0.1, -0.05) is 44.9 Å². The average Bonchev–Trinajstić information content (AvgIpc) is 3.47. The van der Waals surface area contributed by atoms with E-state index in [2.05, 4.69) is 16.8 Å². The van der Waals surface area contributed by atoms with Crippen molar-refractivity contribution in [3.8, 4) is 21.3 Å². The molecule has 178 valence electrons. The molecular weight excluding hydrogens is 440 g/mol. The zero-order valence-corrected chi connectivity index (χ0v) is 20.9. The second-order valence-corrected chi connectivity index (χ2v) is 10.6. The molecule has 4 heterocycles. The highest BCUT2D eigenvalue weighted by atomic mass is 32.1. The van der Waals surface area contributed by atoms with Crippen LogP contribution in [0.1, 0.15) is 82.6 Å². The SMILES string of the molecule is c1cc(CCCCCCCCCCCOC2CCCCO2)c(-c2scc3c2OCCO3)s1. The fourth-order valence-corrected chi connectivity index (χ4v) is 6.55. The van der Waals surface area contributed by atoms with Crippen LogP contribution in [-0.4, -0.2) is 32.7 Å². The third kappa shape index (κ3) is 7.21. The molecule has 0 aliphatic carbocycles. The smallest absolute Gasteiger partial charge is 0.180 e. The Bertz CT molecular complexity index is 779. The molecule has 2 aliphatic rings. The van der Waals surface area contributed by atoms with Gasteiger partial charge in [0, 0.05) is 18.6 Å². The van der Waals surface area contributed by atoms with Crippen LogP contribution in [0.5, 0.6) is 11.5 Å². The lowest BCUT2D eigenvalue weighted by molar-refractivity contribution is -0.162. The van der Waals surface area contributed by atoms with Crippen LogP contribution >= 0.6 is 22.7 Å². The summed E-state index contributed by atoms with van der Waals surface area (Å²) < 4.78 is 23.0. The molecule has 4 nitrogen and oxygen atoms in total. The quantitative estimate of drug-likeness (QED) is 0.259. The van der Waals surface area contributed by atoms with Crippen LogP contribution in [0, 0.1) is 0 Å². The van der Waals surface area contributed by atoms with E-state index in [9.17, 15) is 0 Å². The highest BCUT2D eigenvalue weighted by molar-refractivity contribution is 7.21. The molecule has 2 aliphatic heterocycles. The van der Waals surface area contributed by atoms with Crippen molar-refractivity contribution in [1.29, 1.82) is 0 Å². The van der Waals surface area contributed by atoms with E-state index in [1.165, 1.54) is 85.9 Å². The third-order valence-electron chi connectivity index (χ3n) is 6.29. The van der Waals surface area contributed by atoms with E-state index in [4.69, 9.17) is 18.9 Å². The van der Waals surface area contributed by atoms with Crippen LogP contribution in [0.2, 0.25) is 0 Å². The van der Waals surface area contributed by atoms with E-state index in [0.29, 0.717) is 13.2 Å². The molecule has 0 saturated carbocycles. The summed E-state index contributed by atoms with van der Waals surface area (Å²) in [6.07, 6.45) is 16.6. The zero-order valence-electron chi connectivity index (χ0n) is 19.3. The number of hydrogen-bond donors (Lipinski definition) is 0. The van der Waals surface area contributed by atoms with Gasteiger partial charge in [-0.25, -0.2) is 0 Å². The maximum absolute atomic E-state index is 5.89. The maximum atomic E-state index is 5.89. The number of aryl methyl sites for hydroxylation is 1. The molecule has 0 bridgehead atoms. The van der Waals surface area contributed by atoms with Gasteiger partial charge in [-0.15, -0.1) is 22.7 Å². The van der Waals surface area contributed by atoms with Crippen LogP contribution in [0.4, 0.5) is 0 Å². The molecule has 0 amide bonds. The molecule has 32 heavy (non-hydrogen) atoms. The van der Waals surface area contributed by atoms with Gasteiger partial charge in [0.1, 0.15) is 13.2 Å². The predicted molar refractivity (Wildman–Crippen MR) is 133 cm³/mol. The van der Waals surface area contributed by atoms with Crippen LogP contribution in [0.15, 0.2) is 16.8 Å². The first kappa shape index (κ1) is 24.1. The van der Waals surface area contributed by atoms with Crippen molar-refractivity contribution in [2.75, 3.05) is 26.4 Å². The molecule has 2 aromatic rings. The minimum Gasteiger partial charge on any atom is -0.485 e. The Morgan fingerprint density at radius 3 is 2.41 bits per heavy atom. The lowest BCUT2D eigenvalue weighted by Gasteiger charge is -2.22. The Morgan fingerprint density at radius 2 is 1.59 bits per heavy atom. The standard InChI is InChI=1S/C26H38O4S2/c1(3-5-7-10-15-28-23-13-9-11-16-29-23)2-4-6-8-12-21-14-19-31-25(21)26-24-22(20-32-26)27-17-18-30-24/h14,19-20,23H,1-13,15-18H2. The summed E-state index contributed by atoms with van der Waals surface area (Å²) in [5.41, 5.74) is 1.47.